The predicted molar refractivity (Wildman–Crippen MR) is 115 cm³/mol. The van der Waals surface area contributed by atoms with Gasteiger partial charge in [0.25, 0.3) is 0 Å². The maximum absolute atomic E-state index is 13.7. The lowest BCUT2D eigenvalue weighted by molar-refractivity contribution is -0.117. The van der Waals surface area contributed by atoms with Crippen molar-refractivity contribution in [3.8, 4) is 0 Å². The number of benzene rings is 2. The zero-order chi connectivity index (χ0) is 22.8. The molecule has 9 heteroatoms. The van der Waals surface area contributed by atoms with E-state index in [0.29, 0.717) is 13.1 Å². The van der Waals surface area contributed by atoms with Gasteiger partial charge in [-0.15, -0.1) is 0 Å². The first-order valence-corrected chi connectivity index (χ1v) is 11.5. The Morgan fingerprint density at radius 2 is 1.61 bits per heavy atom. The third kappa shape index (κ3) is 5.66. The topological polar surface area (TPSA) is 69.7 Å². The second-order valence-corrected chi connectivity index (χ2v) is 10.6. The predicted octanol–water partition coefficient (Wildman–Crippen LogP) is 3.21. The smallest absolute Gasteiger partial charge is 0.243 e. The van der Waals surface area contributed by atoms with Gasteiger partial charge in [-0.2, -0.15) is 4.31 Å². The second kappa shape index (κ2) is 9.02. The van der Waals surface area contributed by atoms with Gasteiger partial charge in [0, 0.05) is 32.2 Å². The Bertz CT molecular complexity index is 1040. The zero-order valence-corrected chi connectivity index (χ0v) is 18.7. The van der Waals surface area contributed by atoms with E-state index in [4.69, 9.17) is 0 Å². The van der Waals surface area contributed by atoms with E-state index in [9.17, 15) is 22.0 Å². The summed E-state index contributed by atoms with van der Waals surface area (Å²) in [5.41, 5.74) is 0.769. The van der Waals surface area contributed by atoms with Crippen molar-refractivity contribution < 1.29 is 22.0 Å². The van der Waals surface area contributed by atoms with Crippen LogP contribution in [-0.4, -0.2) is 56.3 Å². The number of sulfonamides is 1. The minimum absolute atomic E-state index is 0.0376. The highest BCUT2D eigenvalue weighted by Gasteiger charge is 2.29. The monoisotopic (exact) mass is 451 g/mol. The highest BCUT2D eigenvalue weighted by Crippen LogP contribution is 2.25. The summed E-state index contributed by atoms with van der Waals surface area (Å²) in [5, 5.41) is 2.36. The number of amides is 1. The molecule has 1 aliphatic rings. The van der Waals surface area contributed by atoms with Crippen molar-refractivity contribution in [2.24, 2.45) is 0 Å². The molecule has 1 N–H and O–H groups in total. The van der Waals surface area contributed by atoms with Crippen LogP contribution in [0.25, 0.3) is 0 Å². The summed E-state index contributed by atoms with van der Waals surface area (Å²) >= 11 is 0. The minimum Gasteiger partial charge on any atom is -0.322 e. The van der Waals surface area contributed by atoms with Crippen molar-refractivity contribution in [2.75, 3.05) is 38.0 Å². The number of anilines is 1. The van der Waals surface area contributed by atoms with Gasteiger partial charge >= 0.3 is 0 Å². The molecule has 1 saturated heterocycles. The number of nitrogens with one attached hydrogen (secondary N) is 1. The molecule has 0 radical (unpaired) electrons. The van der Waals surface area contributed by atoms with Crippen LogP contribution < -0.4 is 5.32 Å². The minimum atomic E-state index is -3.62. The van der Waals surface area contributed by atoms with E-state index < -0.39 is 27.6 Å². The highest BCUT2D eigenvalue weighted by molar-refractivity contribution is 7.89. The summed E-state index contributed by atoms with van der Waals surface area (Å²) in [6.45, 7) is 7.36. The van der Waals surface area contributed by atoms with Crippen LogP contribution >= 0.6 is 0 Å². The molecule has 1 fully saturated rings. The normalized spacial score (nSPS) is 16.3. The Labute approximate surface area is 181 Å². The van der Waals surface area contributed by atoms with Crippen molar-refractivity contribution in [1.29, 1.82) is 0 Å². The third-order valence-corrected chi connectivity index (χ3v) is 7.17. The summed E-state index contributed by atoms with van der Waals surface area (Å²) in [4.78, 5) is 14.2. The fraction of sp³-hybridized carbons (Fsp3) is 0.409. The quantitative estimate of drug-likeness (QED) is 0.758. The van der Waals surface area contributed by atoms with Crippen LogP contribution in [0.15, 0.2) is 47.4 Å². The summed E-state index contributed by atoms with van der Waals surface area (Å²) < 4.78 is 54.2. The highest BCUT2D eigenvalue weighted by atomic mass is 32.2. The van der Waals surface area contributed by atoms with E-state index in [1.165, 1.54) is 4.31 Å². The molecule has 1 aliphatic heterocycles. The summed E-state index contributed by atoms with van der Waals surface area (Å²) in [6.07, 6.45) is 0. The molecular formula is C22H27F2N3O3S. The largest absolute Gasteiger partial charge is 0.322 e. The molecule has 1 heterocycles. The van der Waals surface area contributed by atoms with Gasteiger partial charge < -0.3 is 5.32 Å². The molecule has 0 aliphatic carbocycles. The van der Waals surface area contributed by atoms with Crippen molar-refractivity contribution in [3.63, 3.8) is 0 Å². The van der Waals surface area contributed by atoms with Crippen molar-refractivity contribution >= 4 is 21.6 Å². The summed E-state index contributed by atoms with van der Waals surface area (Å²) in [5.74, 6) is -1.85. The van der Waals surface area contributed by atoms with Crippen LogP contribution in [0.5, 0.6) is 0 Å². The van der Waals surface area contributed by atoms with Gasteiger partial charge in [0.2, 0.25) is 15.9 Å². The Morgan fingerprint density at radius 1 is 1.00 bits per heavy atom. The number of carbonyl (C=O) groups is 1. The standard InChI is InChI=1S/C22H27F2N3O3S/c1-22(2,3)16-4-7-18(8-5-16)31(29,30)27-12-10-26(11-13-27)15-21(28)25-20-14-17(23)6-9-19(20)24/h4-9,14H,10-13,15H2,1-3H3,(H,25,28). The molecule has 0 spiro atoms. The average molecular weight is 452 g/mol. The van der Waals surface area contributed by atoms with Gasteiger partial charge in [0.05, 0.1) is 17.1 Å². The van der Waals surface area contributed by atoms with Crippen LogP contribution in [0.4, 0.5) is 14.5 Å². The van der Waals surface area contributed by atoms with Crippen LogP contribution in [0.1, 0.15) is 26.3 Å². The average Bonchev–Trinajstić information content (AvgIpc) is 2.70. The molecular weight excluding hydrogens is 424 g/mol. The number of rotatable bonds is 5. The molecule has 0 saturated carbocycles. The van der Waals surface area contributed by atoms with Gasteiger partial charge in [-0.05, 0) is 35.2 Å². The number of hydrogen-bond donors (Lipinski definition) is 1. The summed E-state index contributed by atoms with van der Waals surface area (Å²) in [7, 11) is -3.62. The Hall–Kier alpha value is -2.36. The lowest BCUT2D eigenvalue weighted by Crippen LogP contribution is -2.50. The first kappa shape index (κ1) is 23.3. The van der Waals surface area contributed by atoms with E-state index >= 15 is 0 Å². The van der Waals surface area contributed by atoms with Gasteiger partial charge in [0.1, 0.15) is 11.6 Å². The van der Waals surface area contributed by atoms with Gasteiger partial charge in [0.15, 0.2) is 0 Å². The fourth-order valence-electron chi connectivity index (χ4n) is 3.39. The Balaban J connectivity index is 1.57. The molecule has 0 atom stereocenters. The molecule has 2 aromatic rings. The Kier molecular flexibility index (Phi) is 6.78. The lowest BCUT2D eigenvalue weighted by atomic mass is 9.87. The molecule has 6 nitrogen and oxygen atoms in total. The lowest BCUT2D eigenvalue weighted by Gasteiger charge is -2.33. The van der Waals surface area contributed by atoms with Crippen LogP contribution in [0.3, 0.4) is 0 Å². The van der Waals surface area contributed by atoms with E-state index in [-0.39, 0.29) is 35.6 Å². The van der Waals surface area contributed by atoms with E-state index in [2.05, 4.69) is 26.1 Å². The van der Waals surface area contributed by atoms with E-state index in [0.717, 1.165) is 23.8 Å². The number of carbonyl (C=O) groups excluding carboxylic acids is 1. The van der Waals surface area contributed by atoms with Gasteiger partial charge in [-0.3, -0.25) is 9.69 Å². The zero-order valence-electron chi connectivity index (χ0n) is 17.9. The number of piperazine rings is 1. The fourth-order valence-corrected chi connectivity index (χ4v) is 4.81. The number of nitrogens with zero attached hydrogens (tertiary/aromatic N) is 2. The molecule has 168 valence electrons. The molecule has 0 unspecified atom stereocenters. The molecule has 1 amide bonds. The Morgan fingerprint density at radius 3 is 2.19 bits per heavy atom. The second-order valence-electron chi connectivity index (χ2n) is 8.63. The number of halogens is 2. The molecule has 31 heavy (non-hydrogen) atoms. The molecule has 3 rings (SSSR count). The molecule has 0 aromatic heterocycles. The first-order chi connectivity index (χ1) is 14.5. The molecule has 0 bridgehead atoms. The third-order valence-electron chi connectivity index (χ3n) is 5.26. The van der Waals surface area contributed by atoms with Gasteiger partial charge in [-0.25, -0.2) is 17.2 Å². The number of hydrogen-bond acceptors (Lipinski definition) is 4. The van der Waals surface area contributed by atoms with Gasteiger partial charge in [-0.1, -0.05) is 32.9 Å². The summed E-state index contributed by atoms with van der Waals surface area (Å²) in [6, 6.07) is 9.76. The van der Waals surface area contributed by atoms with Crippen molar-refractivity contribution in [1.82, 2.24) is 9.21 Å². The van der Waals surface area contributed by atoms with Crippen LogP contribution in [0.2, 0.25) is 0 Å². The van der Waals surface area contributed by atoms with Crippen molar-refractivity contribution in [3.05, 3.63) is 59.7 Å². The SMILES string of the molecule is CC(C)(C)c1ccc(S(=O)(=O)N2CCN(CC(=O)Nc3cc(F)ccc3F)CC2)cc1. The molecule has 2 aromatic carbocycles. The van der Waals surface area contributed by atoms with Crippen LogP contribution in [0, 0.1) is 11.6 Å². The van der Waals surface area contributed by atoms with Crippen LogP contribution in [-0.2, 0) is 20.2 Å². The van der Waals surface area contributed by atoms with Crippen molar-refractivity contribution in [2.45, 2.75) is 31.1 Å². The maximum Gasteiger partial charge on any atom is 0.243 e. The van der Waals surface area contributed by atoms with E-state index in [1.54, 1.807) is 17.0 Å². The first-order valence-electron chi connectivity index (χ1n) is 10.0. The maximum atomic E-state index is 13.7. The van der Waals surface area contributed by atoms with E-state index in [1.807, 2.05) is 12.1 Å².